The Labute approximate surface area is 165 Å². The van der Waals surface area contributed by atoms with Gasteiger partial charge in [0.15, 0.2) is 0 Å². The number of anilines is 1. The van der Waals surface area contributed by atoms with Crippen molar-refractivity contribution in [3.8, 4) is 0 Å². The van der Waals surface area contributed by atoms with Gasteiger partial charge < -0.3 is 15.1 Å². The fourth-order valence-corrected chi connectivity index (χ4v) is 3.30. The molecule has 0 unspecified atom stereocenters. The Hall–Kier alpha value is -2.96. The first kappa shape index (κ1) is 19.8. The number of nitrogens with zero attached hydrogens (tertiary/aromatic N) is 4. The maximum absolute atomic E-state index is 13.0. The van der Waals surface area contributed by atoms with E-state index in [0.29, 0.717) is 32.1 Å². The molecular formula is C21H27N5O2. The molecule has 1 aromatic carbocycles. The molecule has 0 saturated carbocycles. The number of rotatable bonds is 6. The normalized spacial score (nSPS) is 15.4. The van der Waals surface area contributed by atoms with Crippen molar-refractivity contribution in [3.63, 3.8) is 0 Å². The molecule has 7 heteroatoms. The van der Waals surface area contributed by atoms with Gasteiger partial charge >= 0.3 is 0 Å². The number of benzene rings is 1. The summed E-state index contributed by atoms with van der Waals surface area (Å²) in [5.41, 5.74) is 0.937. The Morgan fingerprint density at radius 3 is 2.25 bits per heavy atom. The molecule has 3 rings (SSSR count). The number of piperazine rings is 1. The van der Waals surface area contributed by atoms with Crippen LogP contribution in [0.25, 0.3) is 0 Å². The van der Waals surface area contributed by atoms with Crippen LogP contribution in [0.5, 0.6) is 0 Å². The van der Waals surface area contributed by atoms with E-state index >= 15 is 0 Å². The van der Waals surface area contributed by atoms with Crippen molar-refractivity contribution in [3.05, 3.63) is 54.4 Å². The van der Waals surface area contributed by atoms with Crippen LogP contribution in [0.4, 0.5) is 5.95 Å². The van der Waals surface area contributed by atoms with Gasteiger partial charge in [-0.3, -0.25) is 9.59 Å². The Morgan fingerprint density at radius 2 is 1.64 bits per heavy atom. The zero-order valence-corrected chi connectivity index (χ0v) is 16.4. The van der Waals surface area contributed by atoms with Crippen LogP contribution in [-0.2, 0) is 16.0 Å². The third-order valence-electron chi connectivity index (χ3n) is 4.88. The fourth-order valence-electron chi connectivity index (χ4n) is 3.30. The van der Waals surface area contributed by atoms with Crippen LogP contribution < -0.4 is 10.2 Å². The van der Waals surface area contributed by atoms with E-state index in [4.69, 9.17) is 0 Å². The van der Waals surface area contributed by atoms with Gasteiger partial charge in [-0.05, 0) is 17.5 Å². The van der Waals surface area contributed by atoms with E-state index in [-0.39, 0.29) is 24.2 Å². The molecule has 7 nitrogen and oxygen atoms in total. The van der Waals surface area contributed by atoms with Gasteiger partial charge in [0.25, 0.3) is 0 Å². The minimum Gasteiger partial charge on any atom is -0.344 e. The number of hydrogen-bond acceptors (Lipinski definition) is 5. The molecule has 2 amide bonds. The highest BCUT2D eigenvalue weighted by Crippen LogP contribution is 2.13. The van der Waals surface area contributed by atoms with Gasteiger partial charge in [0.05, 0.1) is 6.42 Å². The van der Waals surface area contributed by atoms with E-state index in [1.807, 2.05) is 49.1 Å². The van der Waals surface area contributed by atoms with Gasteiger partial charge in [0.1, 0.15) is 6.04 Å². The van der Waals surface area contributed by atoms with Crippen molar-refractivity contribution < 1.29 is 9.59 Å². The molecule has 28 heavy (non-hydrogen) atoms. The van der Waals surface area contributed by atoms with E-state index in [1.54, 1.807) is 18.5 Å². The fraction of sp³-hybridized carbons (Fsp3) is 0.429. The molecule has 0 aliphatic carbocycles. The molecule has 2 heterocycles. The molecule has 1 aliphatic heterocycles. The van der Waals surface area contributed by atoms with Crippen LogP contribution in [0, 0.1) is 5.92 Å². The standard InChI is InChI=1S/C21H27N5O2/c1-16(2)19(24-18(27)15-17-7-4-3-5-8-17)20(28)25-11-13-26(14-12-25)21-22-9-6-10-23-21/h3-10,16,19H,11-15H2,1-2H3,(H,24,27)/t19-/m0/s1. The maximum atomic E-state index is 13.0. The number of aromatic nitrogens is 2. The highest BCUT2D eigenvalue weighted by molar-refractivity contribution is 5.88. The van der Waals surface area contributed by atoms with Crippen molar-refractivity contribution in [2.24, 2.45) is 5.92 Å². The largest absolute Gasteiger partial charge is 0.344 e. The first-order valence-electron chi connectivity index (χ1n) is 9.68. The Balaban J connectivity index is 1.57. The summed E-state index contributed by atoms with van der Waals surface area (Å²) in [6.45, 7) is 6.46. The molecule has 1 aromatic heterocycles. The van der Waals surface area contributed by atoms with Crippen LogP contribution in [0.1, 0.15) is 19.4 Å². The quantitative estimate of drug-likeness (QED) is 0.821. The van der Waals surface area contributed by atoms with Crippen molar-refractivity contribution in [1.82, 2.24) is 20.2 Å². The molecule has 1 N–H and O–H groups in total. The van der Waals surface area contributed by atoms with Crippen LogP contribution >= 0.6 is 0 Å². The van der Waals surface area contributed by atoms with Crippen LogP contribution in [0.15, 0.2) is 48.8 Å². The van der Waals surface area contributed by atoms with E-state index < -0.39 is 6.04 Å². The molecule has 1 atom stereocenters. The number of amides is 2. The predicted octanol–water partition coefficient (Wildman–Crippen LogP) is 1.51. The summed E-state index contributed by atoms with van der Waals surface area (Å²) in [6.07, 6.45) is 3.71. The summed E-state index contributed by atoms with van der Waals surface area (Å²) < 4.78 is 0. The lowest BCUT2D eigenvalue weighted by atomic mass is 10.0. The lowest BCUT2D eigenvalue weighted by Gasteiger charge is -2.37. The minimum atomic E-state index is -0.518. The van der Waals surface area contributed by atoms with Gasteiger partial charge in [0, 0.05) is 38.6 Å². The number of carbonyl (C=O) groups excluding carboxylic acids is 2. The predicted molar refractivity (Wildman–Crippen MR) is 108 cm³/mol. The Kier molecular flexibility index (Phi) is 6.57. The van der Waals surface area contributed by atoms with Crippen molar-refractivity contribution in [1.29, 1.82) is 0 Å². The van der Waals surface area contributed by atoms with Gasteiger partial charge in [-0.15, -0.1) is 0 Å². The second-order valence-corrected chi connectivity index (χ2v) is 7.31. The zero-order valence-electron chi connectivity index (χ0n) is 16.4. The number of nitrogens with one attached hydrogen (secondary N) is 1. The molecule has 1 saturated heterocycles. The van der Waals surface area contributed by atoms with E-state index in [9.17, 15) is 9.59 Å². The van der Waals surface area contributed by atoms with Crippen molar-refractivity contribution in [2.75, 3.05) is 31.1 Å². The lowest BCUT2D eigenvalue weighted by molar-refractivity contribution is -0.137. The van der Waals surface area contributed by atoms with Crippen LogP contribution in [-0.4, -0.2) is 58.9 Å². The Morgan fingerprint density at radius 1 is 1.00 bits per heavy atom. The van der Waals surface area contributed by atoms with Gasteiger partial charge in [0.2, 0.25) is 17.8 Å². The van der Waals surface area contributed by atoms with Gasteiger partial charge in [-0.2, -0.15) is 0 Å². The average Bonchev–Trinajstić information content (AvgIpc) is 2.73. The van der Waals surface area contributed by atoms with Gasteiger partial charge in [-0.1, -0.05) is 44.2 Å². The van der Waals surface area contributed by atoms with E-state index in [1.165, 1.54) is 0 Å². The highest BCUT2D eigenvalue weighted by atomic mass is 16.2. The van der Waals surface area contributed by atoms with E-state index in [2.05, 4.69) is 20.2 Å². The molecule has 0 bridgehead atoms. The summed E-state index contributed by atoms with van der Waals surface area (Å²) in [6, 6.07) is 10.8. The first-order valence-corrected chi connectivity index (χ1v) is 9.68. The monoisotopic (exact) mass is 381 g/mol. The second-order valence-electron chi connectivity index (χ2n) is 7.31. The third kappa shape index (κ3) is 5.06. The number of carbonyl (C=O) groups is 2. The molecule has 1 fully saturated rings. The summed E-state index contributed by atoms with van der Waals surface area (Å²) in [5, 5.41) is 2.94. The summed E-state index contributed by atoms with van der Waals surface area (Å²) >= 11 is 0. The average molecular weight is 381 g/mol. The third-order valence-corrected chi connectivity index (χ3v) is 4.88. The molecule has 0 spiro atoms. The highest BCUT2D eigenvalue weighted by Gasteiger charge is 2.31. The molecular weight excluding hydrogens is 354 g/mol. The minimum absolute atomic E-state index is 0.0164. The summed E-state index contributed by atoms with van der Waals surface area (Å²) in [5.74, 6) is 0.550. The molecule has 2 aromatic rings. The van der Waals surface area contributed by atoms with Gasteiger partial charge in [-0.25, -0.2) is 9.97 Å². The SMILES string of the molecule is CC(C)[C@H](NC(=O)Cc1ccccc1)C(=O)N1CCN(c2ncccn2)CC1. The number of hydrogen-bond donors (Lipinski definition) is 1. The zero-order chi connectivity index (χ0) is 19.9. The van der Waals surface area contributed by atoms with E-state index in [0.717, 1.165) is 5.56 Å². The van der Waals surface area contributed by atoms with Crippen LogP contribution in [0.2, 0.25) is 0 Å². The first-order chi connectivity index (χ1) is 13.5. The molecule has 1 aliphatic rings. The summed E-state index contributed by atoms with van der Waals surface area (Å²) in [4.78, 5) is 37.9. The summed E-state index contributed by atoms with van der Waals surface area (Å²) in [7, 11) is 0. The molecule has 148 valence electrons. The lowest BCUT2D eigenvalue weighted by Crippen LogP contribution is -2.56. The molecule has 0 radical (unpaired) electrons. The Bertz CT molecular complexity index is 774. The van der Waals surface area contributed by atoms with Crippen molar-refractivity contribution >= 4 is 17.8 Å². The smallest absolute Gasteiger partial charge is 0.245 e. The maximum Gasteiger partial charge on any atom is 0.245 e. The second kappa shape index (κ2) is 9.30. The topological polar surface area (TPSA) is 78.4 Å². The van der Waals surface area contributed by atoms with Crippen LogP contribution in [0.3, 0.4) is 0 Å². The van der Waals surface area contributed by atoms with Crippen molar-refractivity contribution in [2.45, 2.75) is 26.3 Å².